The van der Waals surface area contributed by atoms with E-state index in [0.29, 0.717) is 150 Å². The lowest BCUT2D eigenvalue weighted by atomic mass is 10.2. The van der Waals surface area contributed by atoms with Gasteiger partial charge in [0.25, 0.3) is 0 Å². The molecule has 125 heavy (non-hydrogen) atoms. The summed E-state index contributed by atoms with van der Waals surface area (Å²) in [7, 11) is -6.35. The average molecular weight is 1940 g/mol. The molecule has 0 saturated heterocycles. The quantitative estimate of drug-likeness (QED) is 0.0179. The number of hydrogen-bond donors (Lipinski definition) is 0. The molecule has 0 spiro atoms. The second kappa shape index (κ2) is 82.0. The fourth-order valence-corrected chi connectivity index (χ4v) is 22.6. The monoisotopic (exact) mass is 1930 g/mol. The van der Waals surface area contributed by atoms with E-state index < -0.39 is 93.1 Å². The van der Waals surface area contributed by atoms with E-state index in [1.54, 1.807) is 91.1 Å². The first-order valence-electron chi connectivity index (χ1n) is 41.3. The van der Waals surface area contributed by atoms with Crippen molar-refractivity contribution in [3.63, 3.8) is 0 Å². The van der Waals surface area contributed by atoms with Crippen LogP contribution in [0.15, 0.2) is 97.7 Å². The van der Waals surface area contributed by atoms with Crippen LogP contribution in [0.3, 0.4) is 0 Å². The number of allylic oxidation sites excluding steroid dienone is 1. The number of ketones is 1. The summed E-state index contributed by atoms with van der Waals surface area (Å²) in [6.45, 7) is 76.8. The van der Waals surface area contributed by atoms with Gasteiger partial charge >= 0.3 is 111 Å². The van der Waals surface area contributed by atoms with Crippen LogP contribution in [0, 0.1) is 0 Å². The fourth-order valence-electron chi connectivity index (χ4n) is 8.62. The SMILES string of the molecule is C=C(C)C(=O)OCCC[Si](C)(OC)OC.C=C(C)C(=O)OCCC[Si](C)(OCC)OCC.C=C(C)C(=O)OCCC[Si](OCC)(OCC)OCC.C=C(C)C(=O)OC[Si](C)(OC)OC.C=C(C)C(=O)OC[Si](C)(OCC)OCC.C=C(C)C(=O)OC[Si](OC)(OC)OCC.C=C(C)C(=O)OC[Si](OCC)(OCC)OCC.C=CC(=O)CCC[Si](C)(OC)OC.O. The molecular weight excluding hydrogens is 1770 g/mol. The first kappa shape index (κ1) is 138. The van der Waals surface area contributed by atoms with Crippen molar-refractivity contribution in [2.45, 2.75) is 214 Å². The van der Waals surface area contributed by atoms with Gasteiger partial charge in [-0.2, -0.15) is 0 Å². The second-order valence-corrected chi connectivity index (χ2v) is 52.2. The van der Waals surface area contributed by atoms with Crippen LogP contribution in [0.5, 0.6) is 0 Å². The van der Waals surface area contributed by atoms with Crippen molar-refractivity contribution in [1.82, 2.24) is 0 Å². The Morgan fingerprint density at radius 3 is 0.704 bits per heavy atom. The Labute approximate surface area is 759 Å². The van der Waals surface area contributed by atoms with E-state index in [9.17, 15) is 38.4 Å². The summed E-state index contributed by atoms with van der Waals surface area (Å²) < 4.78 is 138. The van der Waals surface area contributed by atoms with Gasteiger partial charge < -0.3 is 123 Å². The third-order valence-corrected chi connectivity index (χ3v) is 38.1. The lowest BCUT2D eigenvalue weighted by Crippen LogP contribution is -2.51. The minimum atomic E-state index is -2.89. The predicted octanol–water partition coefficient (Wildman–Crippen LogP) is 13.5. The van der Waals surface area contributed by atoms with Crippen molar-refractivity contribution in [3.05, 3.63) is 97.7 Å². The first-order valence-corrected chi connectivity index (χ1v) is 59.7. The van der Waals surface area contributed by atoms with Gasteiger partial charge in [-0.15, -0.1) is 0 Å². The molecule has 0 rings (SSSR count). The minimum absolute atomic E-state index is 0. The number of carbonyl (C=O) groups excluding carboxylic acids is 8. The summed E-state index contributed by atoms with van der Waals surface area (Å²) in [6.07, 6.45) is 5.31. The Kier molecular flexibility index (Phi) is 90.4. The van der Waals surface area contributed by atoms with E-state index in [4.69, 9.17) is 117 Å². The molecule has 0 saturated carbocycles. The van der Waals surface area contributed by atoms with E-state index in [1.807, 2.05) is 109 Å². The standard InChI is InChI=1S/C13H26O5Si.C12H24O4Si.C11H22O5Si.2C10H20O4Si.C9H18O5Si.C9H18O3Si.C8H16O4Si.H2O/c1-6-16-19(17-7-2,18-8-3)11-9-10-15-13(14)12(4)5;1-6-15-17(5,16-7-2)10-8-9-14-12(13)11(3)4;1-6-14-17(15-7-2,16-8-3)9-13-11(12)10(4)5;1-9(2)10(11)14-7-6-8-15(5,12-3)13-4;1-6-13-15(5,14-7-2)8-12-10(11)9(3)4;1-6-14-15(11-4,12-5)7-13-9(10)8(2)3;1-5-9(10)7-6-8-13(4,11-2)12-3;1-7(2)8(9)12-6-13(5,10-3)11-4;/h4,6-11H2,1-3,5H3;3,6-10H2,1-2,4-5H3;4,6-9H2,1-3,5H3;1,6-8H2,2-5H3;3,6-8H2,1-2,4-5H3;2,6-7H2,1,3-5H3;5H,1,6-8H2,2-4H3;1,6H2,2-5H3;1H2. The number of rotatable bonds is 62. The number of ether oxygens (including phenoxy) is 7. The van der Waals surface area contributed by atoms with Gasteiger partial charge in [-0.25, -0.2) is 33.6 Å². The van der Waals surface area contributed by atoms with E-state index in [2.05, 4.69) is 52.6 Å². The van der Waals surface area contributed by atoms with Gasteiger partial charge in [-0.1, -0.05) is 52.6 Å². The molecule has 35 nitrogen and oxygen atoms in total. The van der Waals surface area contributed by atoms with Crippen LogP contribution in [0.2, 0.25) is 56.9 Å². The third-order valence-electron chi connectivity index (χ3n) is 15.9. The molecule has 0 fully saturated rings. The van der Waals surface area contributed by atoms with Crippen molar-refractivity contribution in [1.29, 1.82) is 0 Å². The highest BCUT2D eigenvalue weighted by Crippen LogP contribution is 2.21. The largest absolute Gasteiger partial charge is 0.540 e. The first-order chi connectivity index (χ1) is 57.9. The molecule has 0 unspecified atom stereocenters. The minimum Gasteiger partial charge on any atom is -0.462 e. The normalized spacial score (nSPS) is 11.2. The summed E-state index contributed by atoms with van der Waals surface area (Å²) >= 11 is 0. The maximum atomic E-state index is 11.3. The Hall–Kier alpha value is -5.18. The molecule has 0 aliphatic heterocycles. The zero-order valence-corrected chi connectivity index (χ0v) is 90.2. The molecule has 0 aromatic rings. The van der Waals surface area contributed by atoms with E-state index in [1.165, 1.54) is 20.3 Å². The van der Waals surface area contributed by atoms with Crippen LogP contribution in [0.4, 0.5) is 0 Å². The topological polar surface area (TPSA) is 408 Å². The summed E-state index contributed by atoms with van der Waals surface area (Å²) in [6, 6.07) is 3.13. The zero-order chi connectivity index (χ0) is 97.8. The van der Waals surface area contributed by atoms with Crippen LogP contribution in [0.1, 0.15) is 157 Å². The number of hydrogen-bond acceptors (Lipinski definition) is 34. The van der Waals surface area contributed by atoms with Crippen LogP contribution in [-0.4, -0.2) is 297 Å². The summed E-state index contributed by atoms with van der Waals surface area (Å²) in [4.78, 5) is 89.0. The third kappa shape index (κ3) is 74.2. The molecule has 2 N–H and O–H groups in total. The maximum Gasteiger partial charge on any atom is 0.540 e. The molecule has 0 heterocycles. The van der Waals surface area contributed by atoms with E-state index in [-0.39, 0.29) is 54.1 Å². The Balaban J connectivity index is -0.000000176. The van der Waals surface area contributed by atoms with Crippen molar-refractivity contribution in [2.24, 2.45) is 0 Å². The highest BCUT2D eigenvalue weighted by Gasteiger charge is 2.44. The summed E-state index contributed by atoms with van der Waals surface area (Å²) in [5.74, 6) is -2.68. The smallest absolute Gasteiger partial charge is 0.462 e. The highest BCUT2D eigenvalue weighted by atomic mass is 28.4. The Morgan fingerprint density at radius 2 is 0.456 bits per heavy atom. The van der Waals surface area contributed by atoms with Gasteiger partial charge in [0.15, 0.2) is 18.2 Å². The Morgan fingerprint density at radius 1 is 0.248 bits per heavy atom. The van der Waals surface area contributed by atoms with Crippen molar-refractivity contribution >= 4 is 117 Å². The zero-order valence-electron chi connectivity index (χ0n) is 82.2. The van der Waals surface area contributed by atoms with Crippen molar-refractivity contribution < 1.29 is 161 Å². The molecule has 0 aromatic heterocycles. The molecule has 736 valence electrons. The molecule has 0 atom stereocenters. The van der Waals surface area contributed by atoms with Crippen LogP contribution in [-0.2, 0) is 156 Å². The summed E-state index contributed by atoms with van der Waals surface area (Å²) in [5.41, 5.74) is 2.71. The van der Waals surface area contributed by atoms with Gasteiger partial charge in [0, 0.05) is 181 Å². The predicted molar refractivity (Wildman–Crippen MR) is 501 cm³/mol. The molecule has 0 aliphatic rings. The van der Waals surface area contributed by atoms with E-state index in [0.717, 1.165) is 37.4 Å². The van der Waals surface area contributed by atoms with Gasteiger partial charge in [0.05, 0.1) is 19.8 Å². The molecular formula is C82H166O35Si8. The lowest BCUT2D eigenvalue weighted by molar-refractivity contribution is -0.139. The average Bonchev–Trinajstić information content (AvgIpc) is 0.883. The summed E-state index contributed by atoms with van der Waals surface area (Å²) in [5, 5.41) is 0. The van der Waals surface area contributed by atoms with Crippen molar-refractivity contribution in [3.8, 4) is 0 Å². The number of esters is 7. The Bertz CT molecular complexity index is 2950. The molecule has 0 aliphatic carbocycles. The van der Waals surface area contributed by atoms with Crippen LogP contribution >= 0.6 is 0 Å². The van der Waals surface area contributed by atoms with Crippen molar-refractivity contribution in [2.75, 3.05) is 174 Å². The lowest BCUT2D eigenvalue weighted by Gasteiger charge is -2.28. The van der Waals surface area contributed by atoms with Gasteiger partial charge in [-0.05, 0) is 207 Å². The molecule has 0 bridgehead atoms. The van der Waals surface area contributed by atoms with Crippen LogP contribution < -0.4 is 0 Å². The molecule has 0 amide bonds. The van der Waals surface area contributed by atoms with Gasteiger partial charge in [0.1, 0.15) is 12.5 Å². The molecule has 43 heteroatoms. The van der Waals surface area contributed by atoms with E-state index >= 15 is 0 Å². The number of carbonyl (C=O) groups is 8. The molecule has 0 aromatic carbocycles. The second-order valence-electron chi connectivity index (χ2n) is 27.1. The van der Waals surface area contributed by atoms with Gasteiger partial charge in [0.2, 0.25) is 0 Å². The fraction of sp³-hybridized carbons (Fsp3) is 0.707. The molecule has 0 radical (unpaired) electrons. The van der Waals surface area contributed by atoms with Gasteiger partial charge in [-0.3, -0.25) is 4.79 Å². The maximum absolute atomic E-state index is 11.3. The van der Waals surface area contributed by atoms with Crippen LogP contribution in [0.25, 0.3) is 0 Å². The highest BCUT2D eigenvalue weighted by molar-refractivity contribution is 6.67.